The van der Waals surface area contributed by atoms with E-state index in [0.29, 0.717) is 23.4 Å². The summed E-state index contributed by atoms with van der Waals surface area (Å²) in [5, 5.41) is 3.85. The van der Waals surface area contributed by atoms with Crippen molar-refractivity contribution >= 4 is 33.4 Å². The number of fused-ring (bicyclic) bond motifs is 1. The van der Waals surface area contributed by atoms with Gasteiger partial charge < -0.3 is 9.73 Å². The van der Waals surface area contributed by atoms with Crippen molar-refractivity contribution in [3.05, 3.63) is 40.8 Å². The molecule has 8 heteroatoms. The van der Waals surface area contributed by atoms with Crippen molar-refractivity contribution < 1.29 is 12.8 Å². The van der Waals surface area contributed by atoms with Gasteiger partial charge in [0.05, 0.1) is 4.90 Å². The third-order valence-corrected chi connectivity index (χ3v) is 5.37. The first-order chi connectivity index (χ1) is 10.5. The van der Waals surface area contributed by atoms with E-state index in [-0.39, 0.29) is 17.3 Å². The number of halogens is 1. The Morgan fingerprint density at radius 2 is 2.09 bits per heavy atom. The maximum atomic E-state index is 12.3. The SMILES string of the molecule is Cl.O=c1ccc2cc(S(=O)(=O)NCCC3CCNC3)ccc2o1. The molecule has 1 aromatic carbocycles. The first kappa shape index (κ1) is 17.9. The van der Waals surface area contributed by atoms with Gasteiger partial charge in [-0.1, -0.05) is 0 Å². The highest BCUT2D eigenvalue weighted by molar-refractivity contribution is 7.89. The smallest absolute Gasteiger partial charge is 0.336 e. The summed E-state index contributed by atoms with van der Waals surface area (Å²) in [4.78, 5) is 11.3. The van der Waals surface area contributed by atoms with Crippen molar-refractivity contribution in [2.45, 2.75) is 17.7 Å². The van der Waals surface area contributed by atoms with Gasteiger partial charge in [0, 0.05) is 18.0 Å². The molecular formula is C15H19ClN2O4S. The highest BCUT2D eigenvalue weighted by Crippen LogP contribution is 2.18. The first-order valence-electron chi connectivity index (χ1n) is 7.29. The van der Waals surface area contributed by atoms with Crippen molar-refractivity contribution in [2.24, 2.45) is 5.92 Å². The summed E-state index contributed by atoms with van der Waals surface area (Å²) in [5.41, 5.74) is -0.0742. The molecule has 6 nitrogen and oxygen atoms in total. The van der Waals surface area contributed by atoms with Crippen molar-refractivity contribution in [1.29, 1.82) is 0 Å². The van der Waals surface area contributed by atoms with E-state index < -0.39 is 15.6 Å². The molecule has 2 heterocycles. The monoisotopic (exact) mass is 358 g/mol. The molecule has 23 heavy (non-hydrogen) atoms. The zero-order valence-corrected chi connectivity index (χ0v) is 14.1. The fourth-order valence-corrected chi connectivity index (χ4v) is 3.74. The van der Waals surface area contributed by atoms with Gasteiger partial charge in [-0.05, 0) is 56.1 Å². The molecule has 3 rings (SSSR count). The second kappa shape index (κ2) is 7.44. The van der Waals surface area contributed by atoms with Gasteiger partial charge in [0.2, 0.25) is 10.0 Å². The van der Waals surface area contributed by atoms with E-state index in [9.17, 15) is 13.2 Å². The Kier molecular flexibility index (Phi) is 5.80. The van der Waals surface area contributed by atoms with Crippen LogP contribution in [0.25, 0.3) is 11.0 Å². The van der Waals surface area contributed by atoms with Crippen molar-refractivity contribution in [1.82, 2.24) is 10.0 Å². The highest BCUT2D eigenvalue weighted by Gasteiger charge is 2.18. The van der Waals surface area contributed by atoms with Gasteiger partial charge in [-0.2, -0.15) is 0 Å². The lowest BCUT2D eigenvalue weighted by Crippen LogP contribution is -2.26. The minimum Gasteiger partial charge on any atom is -0.423 e. The zero-order valence-electron chi connectivity index (χ0n) is 12.4. The van der Waals surface area contributed by atoms with E-state index in [0.717, 1.165) is 25.9 Å². The summed E-state index contributed by atoms with van der Waals surface area (Å²) in [7, 11) is -3.54. The number of hydrogen-bond acceptors (Lipinski definition) is 5. The van der Waals surface area contributed by atoms with E-state index in [1.165, 1.54) is 24.3 Å². The number of rotatable bonds is 5. The number of nitrogens with one attached hydrogen (secondary N) is 2. The molecule has 126 valence electrons. The van der Waals surface area contributed by atoms with Crippen molar-refractivity contribution in [3.8, 4) is 0 Å². The Bertz CT molecular complexity index is 829. The second-order valence-electron chi connectivity index (χ2n) is 5.50. The topological polar surface area (TPSA) is 88.4 Å². The average molecular weight is 359 g/mol. The van der Waals surface area contributed by atoms with Crippen LogP contribution in [0.1, 0.15) is 12.8 Å². The molecule has 2 aromatic rings. The van der Waals surface area contributed by atoms with Crippen molar-refractivity contribution in [3.63, 3.8) is 0 Å². The van der Waals surface area contributed by atoms with Crippen molar-refractivity contribution in [2.75, 3.05) is 19.6 Å². The summed E-state index contributed by atoms with van der Waals surface area (Å²) in [5.74, 6) is 0.536. The summed E-state index contributed by atoms with van der Waals surface area (Å²) in [6.45, 7) is 2.39. The summed E-state index contributed by atoms with van der Waals surface area (Å²) >= 11 is 0. The molecule has 0 spiro atoms. The molecule has 1 aliphatic heterocycles. The predicted octanol–water partition coefficient (Wildman–Crippen LogP) is 1.49. The van der Waals surface area contributed by atoms with E-state index >= 15 is 0 Å². The van der Waals surface area contributed by atoms with Crippen LogP contribution in [0.4, 0.5) is 0 Å². The number of sulfonamides is 1. The van der Waals surface area contributed by atoms with Crippen LogP contribution in [0, 0.1) is 5.92 Å². The van der Waals surface area contributed by atoms with E-state index in [1.807, 2.05) is 0 Å². The molecule has 0 saturated carbocycles. The molecule has 1 fully saturated rings. The molecule has 1 unspecified atom stereocenters. The quantitative estimate of drug-likeness (QED) is 0.790. The summed E-state index contributed by atoms with van der Waals surface area (Å²) in [6, 6.07) is 7.30. The van der Waals surface area contributed by atoms with E-state index in [1.54, 1.807) is 6.07 Å². The van der Waals surface area contributed by atoms with Crippen LogP contribution < -0.4 is 15.7 Å². The lowest BCUT2D eigenvalue weighted by atomic mass is 10.1. The molecule has 1 aliphatic rings. The molecule has 0 radical (unpaired) electrons. The van der Waals surface area contributed by atoms with Crippen LogP contribution in [-0.4, -0.2) is 28.1 Å². The van der Waals surface area contributed by atoms with Crippen LogP contribution >= 0.6 is 12.4 Å². The van der Waals surface area contributed by atoms with Gasteiger partial charge in [0.15, 0.2) is 0 Å². The Balaban J connectivity index is 0.00000192. The largest absolute Gasteiger partial charge is 0.423 e. The van der Waals surface area contributed by atoms with Gasteiger partial charge in [0.1, 0.15) is 5.58 Å². The van der Waals surface area contributed by atoms with E-state index in [2.05, 4.69) is 10.0 Å². The number of hydrogen-bond donors (Lipinski definition) is 2. The van der Waals surface area contributed by atoms with Crippen LogP contribution in [0.5, 0.6) is 0 Å². The van der Waals surface area contributed by atoms with Gasteiger partial charge in [0.25, 0.3) is 0 Å². The van der Waals surface area contributed by atoms with Gasteiger partial charge in [-0.15, -0.1) is 12.4 Å². The first-order valence-corrected chi connectivity index (χ1v) is 8.77. The highest BCUT2D eigenvalue weighted by atomic mass is 35.5. The maximum Gasteiger partial charge on any atom is 0.336 e. The van der Waals surface area contributed by atoms with Crippen LogP contribution in [-0.2, 0) is 10.0 Å². The van der Waals surface area contributed by atoms with E-state index in [4.69, 9.17) is 4.42 Å². The lowest BCUT2D eigenvalue weighted by molar-refractivity contribution is 0.519. The fourth-order valence-electron chi connectivity index (χ4n) is 2.66. The minimum absolute atomic E-state index is 0. The Morgan fingerprint density at radius 1 is 1.26 bits per heavy atom. The molecule has 1 saturated heterocycles. The van der Waals surface area contributed by atoms with Crippen LogP contribution in [0.3, 0.4) is 0 Å². The van der Waals surface area contributed by atoms with Gasteiger partial charge in [-0.25, -0.2) is 17.9 Å². The second-order valence-corrected chi connectivity index (χ2v) is 7.27. The third-order valence-electron chi connectivity index (χ3n) is 3.91. The number of benzene rings is 1. The maximum absolute atomic E-state index is 12.3. The lowest BCUT2D eigenvalue weighted by Gasteiger charge is -2.10. The summed E-state index contributed by atoms with van der Waals surface area (Å²) < 4.78 is 32.2. The zero-order chi connectivity index (χ0) is 15.6. The molecule has 0 amide bonds. The van der Waals surface area contributed by atoms with Gasteiger partial charge in [-0.3, -0.25) is 0 Å². The van der Waals surface area contributed by atoms with Crippen LogP contribution in [0.2, 0.25) is 0 Å². The van der Waals surface area contributed by atoms with Gasteiger partial charge >= 0.3 is 5.63 Å². The predicted molar refractivity (Wildman–Crippen MR) is 90.5 cm³/mol. The molecular weight excluding hydrogens is 340 g/mol. The molecule has 2 N–H and O–H groups in total. The minimum atomic E-state index is -3.54. The molecule has 0 bridgehead atoms. The normalized spacial score (nSPS) is 18.0. The van der Waals surface area contributed by atoms with Crippen LogP contribution in [0.15, 0.2) is 44.4 Å². The summed E-state index contributed by atoms with van der Waals surface area (Å²) in [6.07, 6.45) is 1.92. The third kappa shape index (κ3) is 4.32. The standard InChI is InChI=1S/C15H18N2O4S.ClH/c18-15-4-1-12-9-13(2-3-14(12)21-15)22(19,20)17-8-6-11-5-7-16-10-11;/h1-4,9,11,16-17H,5-8,10H2;1H. The average Bonchev–Trinajstić information content (AvgIpc) is 2.99. The Labute approximate surface area is 140 Å². The fraction of sp³-hybridized carbons (Fsp3) is 0.400. The Hall–Kier alpha value is -1.41. The molecule has 0 aliphatic carbocycles. The molecule has 1 aromatic heterocycles. The Morgan fingerprint density at radius 3 is 2.83 bits per heavy atom. The molecule has 1 atom stereocenters.